The van der Waals surface area contributed by atoms with Crippen molar-refractivity contribution in [1.29, 1.82) is 0 Å². The van der Waals surface area contributed by atoms with Gasteiger partial charge >= 0.3 is 5.97 Å². The van der Waals surface area contributed by atoms with E-state index in [0.29, 0.717) is 12.1 Å². The average molecular weight is 365 g/mol. The zero-order valence-corrected chi connectivity index (χ0v) is 16.3. The number of esters is 1. The maximum atomic E-state index is 12.7. The van der Waals surface area contributed by atoms with Gasteiger partial charge in [-0.25, -0.2) is 0 Å². The SMILES string of the molecule is CCCCCC(=O)SCC(=O)N(CC(=O)OC)c1c(C)cccc1C. The fourth-order valence-corrected chi connectivity index (χ4v) is 3.26. The number of anilines is 1. The number of nitrogens with zero attached hydrogens (tertiary/aromatic N) is 1. The maximum absolute atomic E-state index is 12.7. The van der Waals surface area contributed by atoms with Crippen molar-refractivity contribution in [3.05, 3.63) is 29.3 Å². The molecule has 0 saturated carbocycles. The minimum atomic E-state index is -0.490. The van der Waals surface area contributed by atoms with Crippen LogP contribution in [0.2, 0.25) is 0 Å². The van der Waals surface area contributed by atoms with E-state index in [1.54, 1.807) is 0 Å². The van der Waals surface area contributed by atoms with Crippen LogP contribution in [0.4, 0.5) is 5.69 Å². The van der Waals surface area contributed by atoms with E-state index in [9.17, 15) is 14.4 Å². The van der Waals surface area contributed by atoms with Gasteiger partial charge in [0, 0.05) is 6.42 Å². The first-order valence-corrected chi connectivity index (χ1v) is 9.48. The highest BCUT2D eigenvalue weighted by Gasteiger charge is 2.23. The first-order chi connectivity index (χ1) is 11.9. The molecule has 6 heteroatoms. The van der Waals surface area contributed by atoms with Crippen molar-refractivity contribution in [2.45, 2.75) is 46.5 Å². The third kappa shape index (κ3) is 6.90. The minimum Gasteiger partial charge on any atom is -0.468 e. The molecule has 1 aromatic carbocycles. The molecule has 0 N–H and O–H groups in total. The number of carbonyl (C=O) groups is 3. The zero-order chi connectivity index (χ0) is 18.8. The van der Waals surface area contributed by atoms with Gasteiger partial charge in [0.15, 0.2) is 5.12 Å². The van der Waals surface area contributed by atoms with E-state index in [1.165, 1.54) is 12.0 Å². The molecule has 138 valence electrons. The molecule has 0 heterocycles. The number of benzene rings is 1. The zero-order valence-electron chi connectivity index (χ0n) is 15.5. The van der Waals surface area contributed by atoms with Crippen LogP contribution in [0.1, 0.15) is 43.7 Å². The van der Waals surface area contributed by atoms with Crippen molar-refractivity contribution in [1.82, 2.24) is 0 Å². The lowest BCUT2D eigenvalue weighted by molar-refractivity contribution is -0.139. The summed E-state index contributed by atoms with van der Waals surface area (Å²) >= 11 is 1.02. The van der Waals surface area contributed by atoms with E-state index in [4.69, 9.17) is 4.74 Å². The lowest BCUT2D eigenvalue weighted by Gasteiger charge is -2.25. The molecule has 25 heavy (non-hydrogen) atoms. The topological polar surface area (TPSA) is 63.7 Å². The smallest absolute Gasteiger partial charge is 0.325 e. The Kier molecular flexibility index (Phi) is 9.27. The standard InChI is InChI=1S/C19H27NO4S/c1-5-6-7-11-18(23)25-13-16(21)20(12-17(22)24-4)19-14(2)9-8-10-15(19)3/h8-10H,5-7,11-13H2,1-4H3. The van der Waals surface area contributed by atoms with E-state index in [1.807, 2.05) is 32.0 Å². The molecule has 0 bridgehead atoms. The number of unbranched alkanes of at least 4 members (excludes halogenated alkanes) is 2. The van der Waals surface area contributed by atoms with E-state index in [0.717, 1.165) is 42.2 Å². The number of aryl methyl sites for hydroxylation is 2. The number of hydrogen-bond acceptors (Lipinski definition) is 5. The number of ether oxygens (including phenoxy) is 1. The van der Waals surface area contributed by atoms with Crippen LogP contribution >= 0.6 is 11.8 Å². The van der Waals surface area contributed by atoms with Gasteiger partial charge in [-0.2, -0.15) is 0 Å². The summed E-state index contributed by atoms with van der Waals surface area (Å²) in [5.74, 6) is -0.734. The quantitative estimate of drug-likeness (QED) is 0.494. The van der Waals surface area contributed by atoms with Gasteiger partial charge in [-0.3, -0.25) is 19.3 Å². The molecule has 0 aliphatic rings. The number of hydrogen-bond donors (Lipinski definition) is 0. The molecule has 5 nitrogen and oxygen atoms in total. The van der Waals surface area contributed by atoms with Crippen molar-refractivity contribution < 1.29 is 19.1 Å². The van der Waals surface area contributed by atoms with Crippen molar-refractivity contribution in [2.75, 3.05) is 24.3 Å². The molecular weight excluding hydrogens is 338 g/mol. The number of thioether (sulfide) groups is 1. The van der Waals surface area contributed by atoms with Crippen LogP contribution in [0.15, 0.2) is 18.2 Å². The number of carbonyl (C=O) groups excluding carboxylic acids is 3. The van der Waals surface area contributed by atoms with E-state index >= 15 is 0 Å². The van der Waals surface area contributed by atoms with Gasteiger partial charge in [-0.15, -0.1) is 0 Å². The molecule has 0 unspecified atom stereocenters. The van der Waals surface area contributed by atoms with Crippen LogP contribution < -0.4 is 4.90 Å². The number of methoxy groups -OCH3 is 1. The van der Waals surface area contributed by atoms with Gasteiger partial charge in [-0.1, -0.05) is 49.7 Å². The summed E-state index contributed by atoms with van der Waals surface area (Å²) in [6, 6.07) is 5.69. The molecule has 0 saturated heterocycles. The molecule has 0 spiro atoms. The fourth-order valence-electron chi connectivity index (χ4n) is 2.53. The van der Waals surface area contributed by atoms with Crippen molar-refractivity contribution in [3.8, 4) is 0 Å². The second-order valence-corrected chi connectivity index (χ2v) is 6.95. The van der Waals surface area contributed by atoms with Crippen LogP contribution in [0.5, 0.6) is 0 Å². The highest BCUT2D eigenvalue weighted by Crippen LogP contribution is 2.25. The Balaban J connectivity index is 2.84. The van der Waals surface area contributed by atoms with Gasteiger partial charge in [0.1, 0.15) is 6.54 Å². The second kappa shape index (κ2) is 10.9. The normalized spacial score (nSPS) is 10.4. The van der Waals surface area contributed by atoms with Crippen LogP contribution in [0.3, 0.4) is 0 Å². The Bertz CT molecular complexity index is 595. The van der Waals surface area contributed by atoms with Crippen molar-refractivity contribution in [2.24, 2.45) is 0 Å². The number of amides is 1. The van der Waals surface area contributed by atoms with Gasteiger partial charge < -0.3 is 4.74 Å². The predicted octanol–water partition coefficient (Wildman–Crippen LogP) is 3.65. The monoisotopic (exact) mass is 365 g/mol. The van der Waals surface area contributed by atoms with Crippen molar-refractivity contribution >= 4 is 34.4 Å². The summed E-state index contributed by atoms with van der Waals surface area (Å²) in [5.41, 5.74) is 2.50. The third-order valence-corrected chi connectivity index (χ3v) is 4.78. The first kappa shape index (κ1) is 21.2. The minimum absolute atomic E-state index is 0.0151. The second-order valence-electron chi connectivity index (χ2n) is 5.91. The molecule has 0 fully saturated rings. The summed E-state index contributed by atoms with van der Waals surface area (Å²) in [4.78, 5) is 37.7. The van der Waals surface area contributed by atoms with Crippen LogP contribution in [-0.4, -0.2) is 36.4 Å². The average Bonchev–Trinajstić information content (AvgIpc) is 2.58. The molecule has 0 radical (unpaired) electrons. The molecule has 1 rings (SSSR count). The molecule has 0 aromatic heterocycles. The Morgan fingerprint density at radius 1 is 1.12 bits per heavy atom. The summed E-state index contributed by atoms with van der Waals surface area (Å²) in [5, 5.41) is 0.0151. The highest BCUT2D eigenvalue weighted by atomic mass is 32.2. The van der Waals surface area contributed by atoms with Gasteiger partial charge in [0.05, 0.1) is 18.6 Å². The van der Waals surface area contributed by atoms with Crippen LogP contribution in [0.25, 0.3) is 0 Å². The fraction of sp³-hybridized carbons (Fsp3) is 0.526. The third-order valence-electron chi connectivity index (χ3n) is 3.87. The van der Waals surface area contributed by atoms with E-state index < -0.39 is 5.97 Å². The molecular formula is C19H27NO4S. The summed E-state index contributed by atoms with van der Waals surface area (Å²) in [6.45, 7) is 5.70. The van der Waals surface area contributed by atoms with E-state index in [-0.39, 0.29) is 23.3 Å². The van der Waals surface area contributed by atoms with Gasteiger partial charge in [0.2, 0.25) is 5.91 Å². The van der Waals surface area contributed by atoms with Crippen molar-refractivity contribution in [3.63, 3.8) is 0 Å². The predicted molar refractivity (Wildman–Crippen MR) is 102 cm³/mol. The van der Waals surface area contributed by atoms with Gasteiger partial charge in [-0.05, 0) is 31.4 Å². The lowest BCUT2D eigenvalue weighted by atomic mass is 10.1. The van der Waals surface area contributed by atoms with Crippen LogP contribution in [0, 0.1) is 13.8 Å². The Hall–Kier alpha value is -1.82. The molecule has 1 aromatic rings. The van der Waals surface area contributed by atoms with Crippen LogP contribution in [-0.2, 0) is 19.1 Å². The highest BCUT2D eigenvalue weighted by molar-refractivity contribution is 8.14. The summed E-state index contributed by atoms with van der Waals surface area (Å²) in [7, 11) is 1.29. The lowest BCUT2D eigenvalue weighted by Crippen LogP contribution is -2.38. The first-order valence-electron chi connectivity index (χ1n) is 8.49. The largest absolute Gasteiger partial charge is 0.468 e. The number of para-hydroxylation sites is 1. The van der Waals surface area contributed by atoms with Gasteiger partial charge in [0.25, 0.3) is 0 Å². The Labute approximate surface area is 154 Å². The molecule has 0 atom stereocenters. The summed E-state index contributed by atoms with van der Waals surface area (Å²) < 4.78 is 4.72. The molecule has 0 aliphatic carbocycles. The molecule has 1 amide bonds. The summed E-state index contributed by atoms with van der Waals surface area (Å²) in [6.07, 6.45) is 3.39. The maximum Gasteiger partial charge on any atom is 0.325 e. The van der Waals surface area contributed by atoms with E-state index in [2.05, 4.69) is 6.92 Å². The Morgan fingerprint density at radius 2 is 1.76 bits per heavy atom. The molecule has 0 aliphatic heterocycles. The number of rotatable bonds is 9. The Morgan fingerprint density at radius 3 is 2.32 bits per heavy atom.